The third kappa shape index (κ3) is 3.43. The molecule has 0 aliphatic rings. The molecule has 7 nitrogen and oxygen atoms in total. The molecule has 1 atom stereocenters. The van der Waals surface area contributed by atoms with Gasteiger partial charge in [0.2, 0.25) is 0 Å². The molecule has 6 N–H and O–H groups in total. The molecule has 1 aromatic heterocycles. The molecule has 1 heterocycles. The number of nitrogens with two attached hydrogens (primary N) is 1. The van der Waals surface area contributed by atoms with Crippen LogP contribution >= 0.6 is 0 Å². The molecule has 0 saturated carbocycles. The zero-order valence-electron chi connectivity index (χ0n) is 10.0. The van der Waals surface area contributed by atoms with Crippen molar-refractivity contribution in [1.29, 1.82) is 0 Å². The average molecular weight is 246 g/mol. The maximum atomic E-state index is 11.4. The molecule has 0 spiro atoms. The molecular formula is C10H18N2O5. The van der Waals surface area contributed by atoms with Crippen molar-refractivity contribution in [3.05, 3.63) is 21.7 Å². The minimum atomic E-state index is -1.14. The third-order valence-corrected chi connectivity index (χ3v) is 2.22. The second-order valence-electron chi connectivity index (χ2n) is 4.74. The summed E-state index contributed by atoms with van der Waals surface area (Å²) in [6.45, 7) is 5.61. The Morgan fingerprint density at radius 1 is 1.53 bits per heavy atom. The first-order valence-electron chi connectivity index (χ1n) is 4.92. The van der Waals surface area contributed by atoms with Crippen LogP contribution in [0.3, 0.4) is 0 Å². The van der Waals surface area contributed by atoms with Crippen LogP contribution in [0.2, 0.25) is 0 Å². The van der Waals surface area contributed by atoms with Gasteiger partial charge in [0.05, 0.1) is 5.56 Å². The van der Waals surface area contributed by atoms with Gasteiger partial charge < -0.3 is 20.8 Å². The number of aromatic nitrogens is 1. The molecule has 0 radical (unpaired) electrons. The highest BCUT2D eigenvalue weighted by Gasteiger charge is 2.27. The summed E-state index contributed by atoms with van der Waals surface area (Å²) in [5.74, 6) is -0.686. The summed E-state index contributed by atoms with van der Waals surface area (Å²) in [6.07, 6.45) is -0.0340. The van der Waals surface area contributed by atoms with Gasteiger partial charge in [-0.3, -0.25) is 9.59 Å². The topological polar surface area (TPSA) is 141 Å². The number of carboxylic acids is 1. The number of nitrogens with one attached hydrogen (secondary N) is 1. The smallest absolute Gasteiger partial charge is 0.320 e. The Kier molecular flexibility index (Phi) is 4.67. The van der Waals surface area contributed by atoms with Gasteiger partial charge in [-0.2, -0.15) is 5.16 Å². The Morgan fingerprint density at radius 2 is 2.06 bits per heavy atom. The molecule has 98 valence electrons. The molecule has 1 aromatic rings. The van der Waals surface area contributed by atoms with Crippen LogP contribution < -0.4 is 11.3 Å². The van der Waals surface area contributed by atoms with Crippen LogP contribution in [0.15, 0.2) is 9.32 Å². The molecular weight excluding hydrogens is 228 g/mol. The van der Waals surface area contributed by atoms with E-state index < -0.39 is 17.6 Å². The molecule has 1 rings (SSSR count). The van der Waals surface area contributed by atoms with E-state index in [9.17, 15) is 9.59 Å². The second-order valence-corrected chi connectivity index (χ2v) is 4.74. The lowest BCUT2D eigenvalue weighted by Gasteiger charge is -2.16. The van der Waals surface area contributed by atoms with Crippen molar-refractivity contribution in [1.82, 2.24) is 5.16 Å². The number of rotatable bonds is 3. The number of aliphatic carboxylic acids is 1. The van der Waals surface area contributed by atoms with E-state index in [-0.39, 0.29) is 17.3 Å². The molecule has 0 amide bonds. The summed E-state index contributed by atoms with van der Waals surface area (Å²) < 4.78 is 5.05. The van der Waals surface area contributed by atoms with Gasteiger partial charge in [-0.15, -0.1) is 0 Å². The van der Waals surface area contributed by atoms with Crippen molar-refractivity contribution < 1.29 is 19.9 Å². The van der Waals surface area contributed by atoms with E-state index in [1.165, 1.54) is 0 Å². The third-order valence-electron chi connectivity index (χ3n) is 2.22. The molecule has 1 unspecified atom stereocenters. The fourth-order valence-electron chi connectivity index (χ4n) is 1.42. The molecule has 0 fully saturated rings. The van der Waals surface area contributed by atoms with Crippen molar-refractivity contribution >= 4 is 5.97 Å². The van der Waals surface area contributed by atoms with Gasteiger partial charge in [-0.05, 0) is 0 Å². The van der Waals surface area contributed by atoms with Crippen LogP contribution in [0.25, 0.3) is 0 Å². The zero-order chi connectivity index (χ0) is 12.5. The summed E-state index contributed by atoms with van der Waals surface area (Å²) in [4.78, 5) is 22.1. The highest BCUT2D eigenvalue weighted by atomic mass is 16.5. The van der Waals surface area contributed by atoms with Crippen LogP contribution in [-0.2, 0) is 16.6 Å². The normalized spacial score (nSPS) is 12.9. The Bertz CT molecular complexity index is 440. The SMILES string of the molecule is CC(C)(C)c1o[nH]c(=O)c1CC(N)C(=O)O.O. The van der Waals surface area contributed by atoms with Crippen LogP contribution in [-0.4, -0.2) is 27.8 Å². The highest BCUT2D eigenvalue weighted by molar-refractivity contribution is 5.73. The van der Waals surface area contributed by atoms with E-state index in [0.29, 0.717) is 11.3 Å². The average Bonchev–Trinajstić information content (AvgIpc) is 2.47. The van der Waals surface area contributed by atoms with Crippen LogP contribution in [0.1, 0.15) is 32.1 Å². The summed E-state index contributed by atoms with van der Waals surface area (Å²) in [5, 5.41) is 10.9. The molecule has 0 aliphatic carbocycles. The van der Waals surface area contributed by atoms with Gasteiger partial charge >= 0.3 is 5.97 Å². The van der Waals surface area contributed by atoms with Crippen molar-refractivity contribution in [3.63, 3.8) is 0 Å². The van der Waals surface area contributed by atoms with E-state index in [0.717, 1.165) is 0 Å². The fourth-order valence-corrected chi connectivity index (χ4v) is 1.42. The number of hydrogen-bond donors (Lipinski definition) is 3. The second kappa shape index (κ2) is 5.15. The number of hydrogen-bond acceptors (Lipinski definition) is 4. The minimum Gasteiger partial charge on any atom is -0.480 e. The maximum Gasteiger partial charge on any atom is 0.320 e. The monoisotopic (exact) mass is 246 g/mol. The van der Waals surface area contributed by atoms with Gasteiger partial charge in [-0.25, -0.2) is 0 Å². The minimum absolute atomic E-state index is 0. The van der Waals surface area contributed by atoms with Gasteiger partial charge in [-0.1, -0.05) is 20.8 Å². The van der Waals surface area contributed by atoms with Gasteiger partial charge in [0.15, 0.2) is 0 Å². The van der Waals surface area contributed by atoms with Crippen molar-refractivity contribution in [2.75, 3.05) is 0 Å². The molecule has 0 bridgehead atoms. The van der Waals surface area contributed by atoms with Crippen molar-refractivity contribution in [2.45, 2.75) is 38.6 Å². The standard InChI is InChI=1S/C10H16N2O4.H2O/c1-10(2,3)7-5(8(13)12-16-7)4-6(11)9(14)15;/h6H,4,11H2,1-3H3,(H,12,13)(H,14,15);1H2. The van der Waals surface area contributed by atoms with Crippen LogP contribution in [0, 0.1) is 0 Å². The van der Waals surface area contributed by atoms with E-state index in [2.05, 4.69) is 5.16 Å². The van der Waals surface area contributed by atoms with Gasteiger partial charge in [0.25, 0.3) is 5.56 Å². The molecule has 0 aliphatic heterocycles. The number of carboxylic acid groups (broad SMARTS) is 1. The van der Waals surface area contributed by atoms with Crippen LogP contribution in [0.5, 0.6) is 0 Å². The van der Waals surface area contributed by atoms with Crippen LogP contribution in [0.4, 0.5) is 0 Å². The fraction of sp³-hybridized carbons (Fsp3) is 0.600. The lowest BCUT2D eigenvalue weighted by atomic mass is 9.89. The summed E-state index contributed by atoms with van der Waals surface area (Å²) in [6, 6.07) is -1.10. The predicted molar refractivity (Wildman–Crippen MR) is 61.0 cm³/mol. The quantitative estimate of drug-likeness (QED) is 0.652. The zero-order valence-corrected chi connectivity index (χ0v) is 10.0. The first kappa shape index (κ1) is 15.4. The Balaban J connectivity index is 0.00000256. The largest absolute Gasteiger partial charge is 0.480 e. The highest BCUT2D eigenvalue weighted by Crippen LogP contribution is 2.24. The summed E-state index contributed by atoms with van der Waals surface area (Å²) in [7, 11) is 0. The van der Waals surface area contributed by atoms with Gasteiger partial charge in [0.1, 0.15) is 11.8 Å². The molecule has 0 aromatic carbocycles. The molecule has 0 saturated heterocycles. The first-order chi connectivity index (χ1) is 7.23. The number of H-pyrrole nitrogens is 1. The Labute approximate surface area is 97.9 Å². The Hall–Kier alpha value is -1.60. The molecule has 17 heavy (non-hydrogen) atoms. The van der Waals surface area contributed by atoms with Gasteiger partial charge in [0, 0.05) is 11.8 Å². The van der Waals surface area contributed by atoms with E-state index in [1.807, 2.05) is 20.8 Å². The maximum absolute atomic E-state index is 11.4. The molecule has 7 heteroatoms. The lowest BCUT2D eigenvalue weighted by molar-refractivity contribution is -0.138. The van der Waals surface area contributed by atoms with Crippen molar-refractivity contribution in [2.24, 2.45) is 5.73 Å². The number of carbonyl (C=O) groups is 1. The lowest BCUT2D eigenvalue weighted by Crippen LogP contribution is -2.34. The first-order valence-corrected chi connectivity index (χ1v) is 4.92. The predicted octanol–water partition coefficient (Wildman–Crippen LogP) is -0.605. The summed E-state index contributed by atoms with van der Waals surface area (Å²) >= 11 is 0. The van der Waals surface area contributed by atoms with Crippen molar-refractivity contribution in [3.8, 4) is 0 Å². The summed E-state index contributed by atoms with van der Waals surface area (Å²) in [5.41, 5.74) is 4.92. The van der Waals surface area contributed by atoms with E-state index in [1.54, 1.807) is 0 Å². The number of aromatic amines is 1. The van der Waals surface area contributed by atoms with E-state index in [4.69, 9.17) is 15.4 Å². The Morgan fingerprint density at radius 3 is 2.47 bits per heavy atom. The van der Waals surface area contributed by atoms with E-state index >= 15 is 0 Å².